The minimum atomic E-state index is -0.960. The lowest BCUT2D eigenvalue weighted by Crippen LogP contribution is -2.44. The number of fused-ring (bicyclic) bond motifs is 3. The average Bonchev–Trinajstić information content (AvgIpc) is 3.10. The van der Waals surface area contributed by atoms with E-state index >= 15 is 0 Å². The predicted octanol–water partition coefficient (Wildman–Crippen LogP) is 4.31. The molecule has 2 aromatic rings. The van der Waals surface area contributed by atoms with Gasteiger partial charge in [0.2, 0.25) is 5.91 Å². The van der Waals surface area contributed by atoms with E-state index < -0.39 is 24.1 Å². The Hall–Kier alpha value is -3.35. The molecule has 33 heavy (non-hydrogen) atoms. The number of carbonyl (C=O) groups is 3. The summed E-state index contributed by atoms with van der Waals surface area (Å²) in [5, 5.41) is 14.6. The first-order chi connectivity index (χ1) is 15.8. The summed E-state index contributed by atoms with van der Waals surface area (Å²) in [7, 11) is 0. The molecule has 1 aliphatic carbocycles. The number of carbonyl (C=O) groups excluding carboxylic acids is 2. The molecule has 0 aromatic heterocycles. The lowest BCUT2D eigenvalue weighted by Gasteiger charge is -2.23. The van der Waals surface area contributed by atoms with Crippen LogP contribution in [0.5, 0.6) is 0 Å². The Balaban J connectivity index is 1.55. The lowest BCUT2D eigenvalue weighted by atomic mass is 9.98. The van der Waals surface area contributed by atoms with Gasteiger partial charge in [-0.25, -0.2) is 4.79 Å². The molecule has 176 valence electrons. The Morgan fingerprint density at radius 1 is 0.939 bits per heavy atom. The van der Waals surface area contributed by atoms with Crippen LogP contribution in [0.1, 0.15) is 57.1 Å². The van der Waals surface area contributed by atoms with Crippen molar-refractivity contribution >= 4 is 18.0 Å². The topological polar surface area (TPSA) is 105 Å². The molecule has 0 fully saturated rings. The van der Waals surface area contributed by atoms with Gasteiger partial charge in [-0.3, -0.25) is 9.59 Å². The molecule has 3 rings (SSSR count). The van der Waals surface area contributed by atoms with Gasteiger partial charge in [-0.2, -0.15) is 0 Å². The molecule has 0 heterocycles. The first kappa shape index (κ1) is 24.3. The summed E-state index contributed by atoms with van der Waals surface area (Å²) in [6, 6.07) is 15.4. The van der Waals surface area contributed by atoms with E-state index in [2.05, 4.69) is 34.9 Å². The van der Waals surface area contributed by atoms with Gasteiger partial charge in [-0.05, 0) is 34.6 Å². The first-order valence-electron chi connectivity index (χ1n) is 11.4. The van der Waals surface area contributed by atoms with Crippen LogP contribution < -0.4 is 10.6 Å². The summed E-state index contributed by atoms with van der Waals surface area (Å²) in [4.78, 5) is 36.0. The van der Waals surface area contributed by atoms with Gasteiger partial charge in [0, 0.05) is 24.4 Å². The third-order valence-electron chi connectivity index (χ3n) is 6.14. The lowest BCUT2D eigenvalue weighted by molar-refractivity contribution is -0.138. The molecule has 0 saturated carbocycles. The highest BCUT2D eigenvalue weighted by atomic mass is 16.5. The molecule has 0 bridgehead atoms. The van der Waals surface area contributed by atoms with Crippen LogP contribution in [0.2, 0.25) is 0 Å². The van der Waals surface area contributed by atoms with Crippen LogP contribution in [0.15, 0.2) is 48.5 Å². The SMILES string of the molecule is CC[C@@H](CC(=O)N[C@@H](CC(=O)O)C(C)C)NC(=O)OCC1c2ccccc2-c2ccccc21. The Morgan fingerprint density at radius 3 is 2.03 bits per heavy atom. The van der Waals surface area contributed by atoms with Gasteiger partial charge < -0.3 is 20.5 Å². The van der Waals surface area contributed by atoms with E-state index in [0.717, 1.165) is 22.3 Å². The van der Waals surface area contributed by atoms with Gasteiger partial charge in [0.1, 0.15) is 6.61 Å². The maximum absolute atomic E-state index is 12.5. The average molecular weight is 453 g/mol. The number of carboxylic acids is 1. The van der Waals surface area contributed by atoms with E-state index in [1.807, 2.05) is 45.0 Å². The molecule has 0 saturated heterocycles. The standard InChI is InChI=1S/C26H32N2O5/c1-4-17(13-24(29)28-23(16(2)3)14-25(30)31)27-26(32)33-15-22-20-11-7-5-9-18(20)19-10-6-8-12-21(19)22/h5-12,16-17,22-23H,4,13-15H2,1-3H3,(H,27,32)(H,28,29)(H,30,31)/t17-,23-/m0/s1. The van der Waals surface area contributed by atoms with Crippen LogP contribution in [0.4, 0.5) is 4.79 Å². The second-order valence-corrected chi connectivity index (χ2v) is 8.80. The van der Waals surface area contributed by atoms with E-state index in [-0.39, 0.29) is 37.2 Å². The molecule has 0 spiro atoms. The highest BCUT2D eigenvalue weighted by molar-refractivity contribution is 5.80. The number of ether oxygens (including phenoxy) is 1. The molecule has 2 aromatic carbocycles. The fourth-order valence-corrected chi connectivity index (χ4v) is 4.24. The Labute approximate surface area is 194 Å². The van der Waals surface area contributed by atoms with Gasteiger partial charge in [0.05, 0.1) is 6.42 Å². The Morgan fingerprint density at radius 2 is 1.52 bits per heavy atom. The summed E-state index contributed by atoms with van der Waals surface area (Å²) in [6.45, 7) is 5.80. The summed E-state index contributed by atoms with van der Waals surface area (Å²) >= 11 is 0. The zero-order chi connectivity index (χ0) is 24.0. The fraction of sp³-hybridized carbons (Fsp3) is 0.423. The van der Waals surface area contributed by atoms with Gasteiger partial charge in [-0.15, -0.1) is 0 Å². The van der Waals surface area contributed by atoms with E-state index in [4.69, 9.17) is 9.84 Å². The molecular weight excluding hydrogens is 420 g/mol. The normalized spacial score (nSPS) is 14.2. The van der Waals surface area contributed by atoms with Gasteiger partial charge in [0.15, 0.2) is 0 Å². The van der Waals surface area contributed by atoms with Crippen molar-refractivity contribution in [2.45, 2.75) is 58.0 Å². The molecule has 0 aliphatic heterocycles. The molecular formula is C26H32N2O5. The summed E-state index contributed by atoms with van der Waals surface area (Å²) in [5.74, 6) is -1.30. The number of hydrogen-bond donors (Lipinski definition) is 3. The summed E-state index contributed by atoms with van der Waals surface area (Å²) in [5.41, 5.74) is 4.59. The summed E-state index contributed by atoms with van der Waals surface area (Å²) < 4.78 is 5.57. The number of amides is 2. The Bertz CT molecular complexity index is 958. The third kappa shape index (κ3) is 6.12. The molecule has 2 amide bonds. The maximum atomic E-state index is 12.5. The van der Waals surface area contributed by atoms with Crippen LogP contribution >= 0.6 is 0 Å². The fourth-order valence-electron chi connectivity index (χ4n) is 4.24. The van der Waals surface area contributed by atoms with Crippen molar-refractivity contribution in [1.82, 2.24) is 10.6 Å². The number of carboxylic acid groups (broad SMARTS) is 1. The zero-order valence-electron chi connectivity index (χ0n) is 19.3. The number of rotatable bonds is 10. The van der Waals surface area contributed by atoms with E-state index in [1.54, 1.807) is 0 Å². The van der Waals surface area contributed by atoms with Gasteiger partial charge >= 0.3 is 12.1 Å². The van der Waals surface area contributed by atoms with Crippen molar-refractivity contribution in [3.05, 3.63) is 59.7 Å². The summed E-state index contributed by atoms with van der Waals surface area (Å²) in [6.07, 6.45) is -0.102. The van der Waals surface area contributed by atoms with Crippen LogP contribution in [0, 0.1) is 5.92 Å². The quantitative estimate of drug-likeness (QED) is 0.498. The molecule has 7 heteroatoms. The number of aliphatic carboxylic acids is 1. The monoisotopic (exact) mass is 452 g/mol. The van der Waals surface area contributed by atoms with E-state index in [1.165, 1.54) is 0 Å². The second kappa shape index (κ2) is 11.0. The van der Waals surface area contributed by atoms with E-state index in [9.17, 15) is 14.4 Å². The second-order valence-electron chi connectivity index (χ2n) is 8.80. The van der Waals surface area contributed by atoms with Crippen molar-refractivity contribution in [3.8, 4) is 11.1 Å². The van der Waals surface area contributed by atoms with Crippen molar-refractivity contribution in [2.75, 3.05) is 6.61 Å². The van der Waals surface area contributed by atoms with Crippen LogP contribution in [-0.2, 0) is 14.3 Å². The number of hydrogen-bond acceptors (Lipinski definition) is 4. The van der Waals surface area contributed by atoms with Crippen LogP contribution in [0.3, 0.4) is 0 Å². The number of benzene rings is 2. The van der Waals surface area contributed by atoms with E-state index in [0.29, 0.717) is 6.42 Å². The van der Waals surface area contributed by atoms with Crippen molar-refractivity contribution in [1.29, 1.82) is 0 Å². The zero-order valence-corrected chi connectivity index (χ0v) is 19.3. The largest absolute Gasteiger partial charge is 0.481 e. The minimum Gasteiger partial charge on any atom is -0.481 e. The minimum absolute atomic E-state index is 0.0137. The third-order valence-corrected chi connectivity index (χ3v) is 6.14. The first-order valence-corrected chi connectivity index (χ1v) is 11.4. The van der Waals surface area contributed by atoms with Crippen molar-refractivity contribution in [2.24, 2.45) is 5.92 Å². The van der Waals surface area contributed by atoms with Gasteiger partial charge in [-0.1, -0.05) is 69.3 Å². The molecule has 1 aliphatic rings. The smallest absolute Gasteiger partial charge is 0.407 e. The van der Waals surface area contributed by atoms with Crippen LogP contribution in [-0.4, -0.2) is 41.8 Å². The number of alkyl carbamates (subject to hydrolysis) is 1. The molecule has 2 atom stereocenters. The predicted molar refractivity (Wildman–Crippen MR) is 126 cm³/mol. The maximum Gasteiger partial charge on any atom is 0.407 e. The highest BCUT2D eigenvalue weighted by Gasteiger charge is 2.29. The molecule has 7 nitrogen and oxygen atoms in total. The molecule has 0 radical (unpaired) electrons. The van der Waals surface area contributed by atoms with Crippen molar-refractivity contribution < 1.29 is 24.2 Å². The van der Waals surface area contributed by atoms with Gasteiger partial charge in [0.25, 0.3) is 0 Å². The number of nitrogens with one attached hydrogen (secondary N) is 2. The highest BCUT2D eigenvalue weighted by Crippen LogP contribution is 2.44. The molecule has 0 unspecified atom stereocenters. The van der Waals surface area contributed by atoms with Crippen LogP contribution in [0.25, 0.3) is 11.1 Å². The Kier molecular flexibility index (Phi) is 8.09. The van der Waals surface area contributed by atoms with Crippen molar-refractivity contribution in [3.63, 3.8) is 0 Å². The molecule has 3 N–H and O–H groups in total.